The Kier molecular flexibility index (Phi) is 4.10. The van der Waals surface area contributed by atoms with Gasteiger partial charge in [-0.3, -0.25) is 0 Å². The molecule has 1 aromatic carbocycles. The maximum Gasteiger partial charge on any atom is 0.416 e. The van der Waals surface area contributed by atoms with Gasteiger partial charge in [0.2, 0.25) is 0 Å². The highest BCUT2D eigenvalue weighted by atomic mass is 35.5. The first-order valence-corrected chi connectivity index (χ1v) is 6.34. The van der Waals surface area contributed by atoms with E-state index in [2.05, 4.69) is 4.98 Å². The molecule has 2 aromatic rings. The van der Waals surface area contributed by atoms with Gasteiger partial charge < -0.3 is 4.57 Å². The van der Waals surface area contributed by atoms with E-state index >= 15 is 0 Å². The summed E-state index contributed by atoms with van der Waals surface area (Å²) < 4.78 is 76.4. The van der Waals surface area contributed by atoms with Gasteiger partial charge in [0.25, 0.3) is 0 Å². The van der Waals surface area contributed by atoms with Gasteiger partial charge >= 0.3 is 12.4 Å². The maximum absolute atomic E-state index is 12.6. The molecule has 2 nitrogen and oxygen atoms in total. The Morgan fingerprint density at radius 3 is 2.29 bits per heavy atom. The van der Waals surface area contributed by atoms with Crippen molar-refractivity contribution >= 4 is 22.6 Å². The third-order valence-electron chi connectivity index (χ3n) is 2.81. The normalized spacial score (nSPS) is 13.1. The topological polar surface area (TPSA) is 17.8 Å². The van der Waals surface area contributed by atoms with Gasteiger partial charge in [0.1, 0.15) is 12.4 Å². The van der Waals surface area contributed by atoms with Crippen molar-refractivity contribution < 1.29 is 26.3 Å². The van der Waals surface area contributed by atoms with Gasteiger partial charge in [0.05, 0.1) is 16.6 Å². The molecule has 0 saturated heterocycles. The Morgan fingerprint density at radius 1 is 1.10 bits per heavy atom. The van der Waals surface area contributed by atoms with Crippen LogP contribution in [0.25, 0.3) is 11.0 Å². The minimum absolute atomic E-state index is 0.000409. The highest BCUT2D eigenvalue weighted by molar-refractivity contribution is 6.17. The number of benzene rings is 1. The van der Waals surface area contributed by atoms with Gasteiger partial charge in [-0.25, -0.2) is 4.98 Å². The fourth-order valence-corrected chi connectivity index (χ4v) is 2.16. The molecule has 0 fully saturated rings. The largest absolute Gasteiger partial charge is 0.416 e. The number of hydrogen-bond acceptors (Lipinski definition) is 1. The first kappa shape index (κ1) is 15.9. The summed E-state index contributed by atoms with van der Waals surface area (Å²) in [5.41, 5.74) is -1.08. The minimum Gasteiger partial charge on any atom is -0.319 e. The fraction of sp³-hybridized carbons (Fsp3) is 0.417. The predicted octanol–water partition coefficient (Wildman–Crippen LogP) is 4.40. The standard InChI is InChI=1S/C12H9ClF6N2/c13-4-3-10-20-8-5-7(12(17,18)19)1-2-9(8)21(10)6-11(14,15)16/h1-2,5H,3-4,6H2. The van der Waals surface area contributed by atoms with Crippen molar-refractivity contribution in [3.8, 4) is 0 Å². The van der Waals surface area contributed by atoms with E-state index in [0.717, 1.165) is 22.8 Å². The zero-order chi connectivity index (χ0) is 15.8. The number of hydrogen-bond donors (Lipinski definition) is 0. The average Bonchev–Trinajstić information content (AvgIpc) is 2.64. The van der Waals surface area contributed by atoms with Gasteiger partial charge in [-0.15, -0.1) is 11.6 Å². The molecule has 9 heteroatoms. The molecule has 0 aliphatic carbocycles. The van der Waals surface area contributed by atoms with E-state index in [-0.39, 0.29) is 29.2 Å². The first-order valence-electron chi connectivity index (χ1n) is 5.81. The van der Waals surface area contributed by atoms with Crippen LogP contribution < -0.4 is 0 Å². The Morgan fingerprint density at radius 2 is 1.76 bits per heavy atom. The number of alkyl halides is 7. The maximum atomic E-state index is 12.6. The molecule has 0 spiro atoms. The van der Waals surface area contributed by atoms with E-state index in [4.69, 9.17) is 11.6 Å². The summed E-state index contributed by atoms with van der Waals surface area (Å²) in [4.78, 5) is 3.84. The summed E-state index contributed by atoms with van der Waals surface area (Å²) in [7, 11) is 0. The summed E-state index contributed by atoms with van der Waals surface area (Å²) >= 11 is 5.50. The summed E-state index contributed by atoms with van der Waals surface area (Å²) in [5, 5.41) is 0. The van der Waals surface area contributed by atoms with Crippen LogP contribution in [0, 0.1) is 0 Å². The van der Waals surface area contributed by atoms with Crippen LogP contribution in [0.5, 0.6) is 0 Å². The molecule has 0 amide bonds. The molecule has 0 unspecified atom stereocenters. The summed E-state index contributed by atoms with van der Waals surface area (Å²) in [6.07, 6.45) is -9.04. The van der Waals surface area contributed by atoms with Crippen LogP contribution in [-0.2, 0) is 19.1 Å². The van der Waals surface area contributed by atoms with E-state index in [0.29, 0.717) is 0 Å². The molecule has 0 atom stereocenters. The van der Waals surface area contributed by atoms with Crippen molar-refractivity contribution in [3.63, 3.8) is 0 Å². The third-order valence-corrected chi connectivity index (χ3v) is 3.00. The van der Waals surface area contributed by atoms with Crippen LogP contribution >= 0.6 is 11.6 Å². The van der Waals surface area contributed by atoms with Crippen molar-refractivity contribution in [1.82, 2.24) is 9.55 Å². The highest BCUT2D eigenvalue weighted by Crippen LogP contribution is 2.32. The van der Waals surface area contributed by atoms with Crippen LogP contribution in [0.4, 0.5) is 26.3 Å². The molecule has 0 radical (unpaired) electrons. The predicted molar refractivity (Wildman–Crippen MR) is 65.2 cm³/mol. The number of nitrogens with zero attached hydrogens (tertiary/aromatic N) is 2. The van der Waals surface area contributed by atoms with Gasteiger partial charge in [0.15, 0.2) is 0 Å². The molecule has 0 bridgehead atoms. The second-order valence-electron chi connectivity index (χ2n) is 4.37. The number of rotatable bonds is 3. The molecule has 0 aliphatic heterocycles. The van der Waals surface area contributed by atoms with E-state index in [1.54, 1.807) is 0 Å². The lowest BCUT2D eigenvalue weighted by molar-refractivity contribution is -0.140. The summed E-state index contributed by atoms with van der Waals surface area (Å²) in [6, 6.07) is 2.47. The molecule has 1 aromatic heterocycles. The van der Waals surface area contributed by atoms with Crippen molar-refractivity contribution in [2.24, 2.45) is 0 Å². The molecule has 0 N–H and O–H groups in total. The lowest BCUT2D eigenvalue weighted by Crippen LogP contribution is -2.19. The van der Waals surface area contributed by atoms with Crippen LogP contribution in [0.15, 0.2) is 18.2 Å². The smallest absolute Gasteiger partial charge is 0.319 e. The van der Waals surface area contributed by atoms with E-state index in [1.807, 2.05) is 0 Å². The molecular formula is C12H9ClF6N2. The molecule has 2 rings (SSSR count). The molecular weight excluding hydrogens is 322 g/mol. The second kappa shape index (κ2) is 5.40. The van der Waals surface area contributed by atoms with Crippen LogP contribution in [0.2, 0.25) is 0 Å². The number of halogens is 7. The van der Waals surface area contributed by atoms with Crippen LogP contribution in [0.3, 0.4) is 0 Å². The van der Waals surface area contributed by atoms with Gasteiger partial charge in [-0.05, 0) is 18.2 Å². The number of aromatic nitrogens is 2. The fourth-order valence-electron chi connectivity index (χ4n) is 1.99. The molecule has 0 saturated carbocycles. The second-order valence-corrected chi connectivity index (χ2v) is 4.75. The Labute approximate surface area is 120 Å². The van der Waals surface area contributed by atoms with Crippen molar-refractivity contribution in [1.29, 1.82) is 0 Å². The average molecular weight is 331 g/mol. The van der Waals surface area contributed by atoms with Gasteiger partial charge in [-0.1, -0.05) is 0 Å². The monoisotopic (exact) mass is 330 g/mol. The minimum atomic E-state index is -4.57. The number of imidazole rings is 1. The summed E-state index contributed by atoms with van der Waals surface area (Å²) in [6.45, 7) is -1.32. The lowest BCUT2D eigenvalue weighted by atomic mass is 10.2. The number of fused-ring (bicyclic) bond motifs is 1. The quantitative estimate of drug-likeness (QED) is 0.602. The van der Waals surface area contributed by atoms with Crippen molar-refractivity contribution in [2.75, 3.05) is 5.88 Å². The summed E-state index contributed by atoms with van der Waals surface area (Å²) in [5.74, 6) is 0.0319. The molecule has 0 aliphatic rings. The Balaban J connectivity index is 2.57. The van der Waals surface area contributed by atoms with E-state index in [9.17, 15) is 26.3 Å². The zero-order valence-electron chi connectivity index (χ0n) is 10.4. The van der Waals surface area contributed by atoms with E-state index < -0.39 is 24.5 Å². The van der Waals surface area contributed by atoms with E-state index in [1.165, 1.54) is 0 Å². The first-order chi connectivity index (χ1) is 9.62. The lowest BCUT2D eigenvalue weighted by Gasteiger charge is -2.11. The zero-order valence-corrected chi connectivity index (χ0v) is 11.1. The SMILES string of the molecule is FC(F)(F)Cn1c(CCCl)nc2cc(C(F)(F)F)ccc21. The van der Waals surface area contributed by atoms with Crippen molar-refractivity contribution in [3.05, 3.63) is 29.6 Å². The van der Waals surface area contributed by atoms with Gasteiger partial charge in [0, 0.05) is 12.3 Å². The third kappa shape index (κ3) is 3.61. The van der Waals surface area contributed by atoms with Crippen LogP contribution in [0.1, 0.15) is 11.4 Å². The Hall–Kier alpha value is -1.44. The molecule has 116 valence electrons. The van der Waals surface area contributed by atoms with Gasteiger partial charge in [-0.2, -0.15) is 26.3 Å². The van der Waals surface area contributed by atoms with Crippen molar-refractivity contribution in [2.45, 2.75) is 25.3 Å². The number of aryl methyl sites for hydroxylation is 1. The molecule has 1 heterocycles. The Bertz CT molecular complexity index is 643. The van der Waals surface area contributed by atoms with Crippen LogP contribution in [-0.4, -0.2) is 21.6 Å². The highest BCUT2D eigenvalue weighted by Gasteiger charge is 2.33. The molecule has 21 heavy (non-hydrogen) atoms.